The fraction of sp³-hybridized carbons (Fsp3) is 0.412. The number of aryl methyl sites for hydroxylation is 1. The van der Waals surface area contributed by atoms with Crippen LogP contribution in [0.2, 0.25) is 0 Å². The average Bonchev–Trinajstić information content (AvgIpc) is 2.84. The van der Waals surface area contributed by atoms with Crippen molar-refractivity contribution >= 4 is 22.7 Å². The van der Waals surface area contributed by atoms with E-state index in [2.05, 4.69) is 11.1 Å². The highest BCUT2D eigenvalue weighted by Gasteiger charge is 2.36. The molecule has 1 aromatic heterocycles. The van der Waals surface area contributed by atoms with Crippen LogP contribution < -0.4 is 0 Å². The number of nitrogens with one attached hydrogen (secondary N) is 1. The number of amides is 2. The van der Waals surface area contributed by atoms with Gasteiger partial charge >= 0.3 is 0 Å². The van der Waals surface area contributed by atoms with Crippen LogP contribution in [0.25, 0.3) is 10.9 Å². The molecule has 1 aromatic carbocycles. The van der Waals surface area contributed by atoms with Crippen molar-refractivity contribution in [2.75, 3.05) is 13.1 Å². The predicted molar refractivity (Wildman–Crippen MR) is 85.3 cm³/mol. The molecule has 0 aliphatic carbocycles. The van der Waals surface area contributed by atoms with Gasteiger partial charge in [0.1, 0.15) is 6.04 Å². The Balaban J connectivity index is 1.89. The van der Waals surface area contributed by atoms with Gasteiger partial charge in [0, 0.05) is 23.1 Å². The molecule has 0 saturated carbocycles. The summed E-state index contributed by atoms with van der Waals surface area (Å²) in [6.45, 7) is 6.96. The van der Waals surface area contributed by atoms with Gasteiger partial charge < -0.3 is 14.8 Å². The molecule has 0 spiro atoms. The van der Waals surface area contributed by atoms with Crippen LogP contribution in [-0.2, 0) is 16.1 Å². The van der Waals surface area contributed by atoms with Crippen LogP contribution in [0.15, 0.2) is 24.3 Å². The maximum atomic E-state index is 12.4. The standard InChI is InChI=1S/C17H21N3O2/c1-4-19-10-16(21)20(12(3)17(19)22)9-15-11(2)13-7-5-6-8-14(13)18-15/h5-8,12,18H,4,9-10H2,1-3H3. The number of para-hydroxylation sites is 1. The number of piperazine rings is 1. The van der Waals surface area contributed by atoms with Crippen LogP contribution >= 0.6 is 0 Å². The van der Waals surface area contributed by atoms with Crippen LogP contribution in [0.5, 0.6) is 0 Å². The topological polar surface area (TPSA) is 56.4 Å². The van der Waals surface area contributed by atoms with Crippen molar-refractivity contribution in [1.29, 1.82) is 0 Å². The van der Waals surface area contributed by atoms with Gasteiger partial charge in [-0.3, -0.25) is 9.59 Å². The Kier molecular flexibility index (Phi) is 3.64. The molecule has 1 unspecified atom stereocenters. The summed E-state index contributed by atoms with van der Waals surface area (Å²) in [6, 6.07) is 7.67. The summed E-state index contributed by atoms with van der Waals surface area (Å²) in [7, 11) is 0. The number of benzene rings is 1. The van der Waals surface area contributed by atoms with Gasteiger partial charge in [0.2, 0.25) is 11.8 Å². The molecular weight excluding hydrogens is 278 g/mol. The zero-order chi connectivity index (χ0) is 15.9. The number of fused-ring (bicyclic) bond motifs is 1. The fourth-order valence-corrected chi connectivity index (χ4v) is 3.10. The third-order valence-electron chi connectivity index (χ3n) is 4.56. The Bertz CT molecular complexity index is 735. The second-order valence-corrected chi connectivity index (χ2v) is 5.82. The second-order valence-electron chi connectivity index (χ2n) is 5.82. The highest BCUT2D eigenvalue weighted by atomic mass is 16.2. The number of rotatable bonds is 3. The molecule has 0 radical (unpaired) electrons. The smallest absolute Gasteiger partial charge is 0.245 e. The van der Waals surface area contributed by atoms with Crippen LogP contribution in [0.4, 0.5) is 0 Å². The van der Waals surface area contributed by atoms with Crippen molar-refractivity contribution in [1.82, 2.24) is 14.8 Å². The van der Waals surface area contributed by atoms with E-state index < -0.39 is 6.04 Å². The van der Waals surface area contributed by atoms with E-state index in [1.54, 1.807) is 16.7 Å². The van der Waals surface area contributed by atoms with Gasteiger partial charge in [-0.1, -0.05) is 18.2 Å². The van der Waals surface area contributed by atoms with Gasteiger partial charge in [0.15, 0.2) is 0 Å². The SMILES string of the molecule is CCN1CC(=O)N(Cc2[nH]c3ccccc3c2C)C(C)C1=O. The molecule has 1 fully saturated rings. The third-order valence-corrected chi connectivity index (χ3v) is 4.56. The minimum atomic E-state index is -0.410. The molecule has 22 heavy (non-hydrogen) atoms. The third kappa shape index (κ3) is 2.26. The first-order valence-corrected chi connectivity index (χ1v) is 7.67. The molecule has 5 heteroatoms. The first kappa shape index (κ1) is 14.6. The van der Waals surface area contributed by atoms with Crippen LogP contribution in [-0.4, -0.2) is 45.7 Å². The van der Waals surface area contributed by atoms with E-state index in [1.807, 2.05) is 32.0 Å². The monoisotopic (exact) mass is 299 g/mol. The van der Waals surface area contributed by atoms with Crippen molar-refractivity contribution in [2.24, 2.45) is 0 Å². The van der Waals surface area contributed by atoms with Gasteiger partial charge in [0.05, 0.1) is 13.1 Å². The molecule has 2 aromatic rings. The van der Waals surface area contributed by atoms with E-state index in [-0.39, 0.29) is 18.4 Å². The normalized spacial score (nSPS) is 19.3. The second kappa shape index (κ2) is 5.48. The quantitative estimate of drug-likeness (QED) is 0.943. The van der Waals surface area contributed by atoms with Crippen molar-refractivity contribution < 1.29 is 9.59 Å². The molecule has 1 atom stereocenters. The molecule has 0 bridgehead atoms. The van der Waals surface area contributed by atoms with E-state index in [0.29, 0.717) is 13.1 Å². The first-order valence-electron chi connectivity index (χ1n) is 7.67. The molecule has 5 nitrogen and oxygen atoms in total. The van der Waals surface area contributed by atoms with Crippen LogP contribution in [0.3, 0.4) is 0 Å². The van der Waals surface area contributed by atoms with E-state index >= 15 is 0 Å². The zero-order valence-corrected chi connectivity index (χ0v) is 13.2. The average molecular weight is 299 g/mol. The summed E-state index contributed by atoms with van der Waals surface area (Å²) < 4.78 is 0. The summed E-state index contributed by atoms with van der Waals surface area (Å²) in [5.74, 6) is 0.0304. The molecule has 2 amide bonds. The Morgan fingerprint density at radius 2 is 2.00 bits per heavy atom. The summed E-state index contributed by atoms with van der Waals surface area (Å²) in [6.07, 6.45) is 0. The van der Waals surface area contributed by atoms with Gasteiger partial charge in [-0.15, -0.1) is 0 Å². The minimum absolute atomic E-state index is 0.00649. The van der Waals surface area contributed by atoms with Gasteiger partial charge in [-0.2, -0.15) is 0 Å². The number of carbonyl (C=O) groups excluding carboxylic acids is 2. The summed E-state index contributed by atoms with van der Waals surface area (Å²) in [5, 5.41) is 1.16. The van der Waals surface area contributed by atoms with Crippen LogP contribution in [0.1, 0.15) is 25.1 Å². The van der Waals surface area contributed by atoms with E-state index in [4.69, 9.17) is 0 Å². The number of aromatic amines is 1. The Morgan fingerprint density at radius 1 is 1.27 bits per heavy atom. The summed E-state index contributed by atoms with van der Waals surface area (Å²) >= 11 is 0. The Labute approximate surface area is 129 Å². The highest BCUT2D eigenvalue weighted by Crippen LogP contribution is 2.24. The number of hydrogen-bond donors (Lipinski definition) is 1. The zero-order valence-electron chi connectivity index (χ0n) is 13.2. The lowest BCUT2D eigenvalue weighted by Gasteiger charge is -2.38. The predicted octanol–water partition coefficient (Wildman–Crippen LogP) is 2.06. The lowest BCUT2D eigenvalue weighted by Crippen LogP contribution is -2.58. The van der Waals surface area contributed by atoms with Crippen molar-refractivity contribution in [3.8, 4) is 0 Å². The number of carbonyl (C=O) groups is 2. The first-order chi connectivity index (χ1) is 10.5. The van der Waals surface area contributed by atoms with Gasteiger partial charge in [0.25, 0.3) is 0 Å². The molecule has 1 aliphatic heterocycles. The Hall–Kier alpha value is -2.30. The number of nitrogens with zero attached hydrogens (tertiary/aromatic N) is 2. The largest absolute Gasteiger partial charge is 0.357 e. The molecular formula is C17H21N3O2. The lowest BCUT2D eigenvalue weighted by atomic mass is 10.1. The molecule has 2 heterocycles. The number of hydrogen-bond acceptors (Lipinski definition) is 2. The van der Waals surface area contributed by atoms with E-state index in [0.717, 1.165) is 22.2 Å². The molecule has 1 aliphatic rings. The van der Waals surface area contributed by atoms with Crippen LogP contribution in [0, 0.1) is 6.92 Å². The summed E-state index contributed by atoms with van der Waals surface area (Å²) in [4.78, 5) is 31.3. The molecule has 1 saturated heterocycles. The lowest BCUT2D eigenvalue weighted by molar-refractivity contribution is -0.155. The molecule has 3 rings (SSSR count). The van der Waals surface area contributed by atoms with Gasteiger partial charge in [-0.05, 0) is 32.4 Å². The van der Waals surface area contributed by atoms with E-state index in [1.165, 1.54) is 0 Å². The van der Waals surface area contributed by atoms with Crippen molar-refractivity contribution in [3.05, 3.63) is 35.5 Å². The van der Waals surface area contributed by atoms with E-state index in [9.17, 15) is 9.59 Å². The van der Waals surface area contributed by atoms with Crippen molar-refractivity contribution in [2.45, 2.75) is 33.4 Å². The maximum absolute atomic E-state index is 12.4. The number of aromatic nitrogens is 1. The number of likely N-dealkylation sites (N-methyl/N-ethyl adjacent to an activating group) is 1. The van der Waals surface area contributed by atoms with Gasteiger partial charge in [-0.25, -0.2) is 0 Å². The fourth-order valence-electron chi connectivity index (χ4n) is 3.10. The van der Waals surface area contributed by atoms with Crippen molar-refractivity contribution in [3.63, 3.8) is 0 Å². The molecule has 116 valence electrons. The maximum Gasteiger partial charge on any atom is 0.245 e. The Morgan fingerprint density at radius 3 is 2.68 bits per heavy atom. The summed E-state index contributed by atoms with van der Waals surface area (Å²) in [5.41, 5.74) is 3.20. The number of H-pyrrole nitrogens is 1. The molecule has 1 N–H and O–H groups in total. The minimum Gasteiger partial charge on any atom is -0.357 e. The highest BCUT2D eigenvalue weighted by molar-refractivity contribution is 5.94.